The zero-order valence-corrected chi connectivity index (χ0v) is 19.0. The highest BCUT2D eigenvalue weighted by Crippen LogP contribution is 2.29. The summed E-state index contributed by atoms with van der Waals surface area (Å²) in [6, 6.07) is 5.08. The van der Waals surface area contributed by atoms with Crippen LogP contribution in [0.15, 0.2) is 24.3 Å². The Balaban J connectivity index is 2.43. The fourth-order valence-electron chi connectivity index (χ4n) is 3.29. The van der Waals surface area contributed by atoms with Gasteiger partial charge in [-0.05, 0) is 31.2 Å². The normalized spacial score (nSPS) is 24.2. The highest BCUT2D eigenvalue weighted by Gasteiger charge is 2.51. The van der Waals surface area contributed by atoms with E-state index >= 15 is 0 Å². The smallest absolute Gasteiger partial charge is 0.303 e. The zero-order valence-electron chi connectivity index (χ0n) is 19.0. The van der Waals surface area contributed by atoms with Crippen molar-refractivity contribution in [1.29, 1.82) is 0 Å². The lowest BCUT2D eigenvalue weighted by Gasteiger charge is -2.44. The molecular weight excluding hydrogens is 438 g/mol. The maximum Gasteiger partial charge on any atom is 0.303 e. The van der Waals surface area contributed by atoms with Crippen LogP contribution in [-0.2, 0) is 38.1 Å². The van der Waals surface area contributed by atoms with E-state index in [-0.39, 0.29) is 12.4 Å². The average molecular weight is 465 g/mol. The third-order valence-corrected chi connectivity index (χ3v) is 4.58. The number of carbonyl (C=O) groups is 5. The molecular formula is C22H27NO10. The van der Waals surface area contributed by atoms with Gasteiger partial charge in [-0.3, -0.25) is 24.0 Å². The van der Waals surface area contributed by atoms with Gasteiger partial charge in [-0.15, -0.1) is 0 Å². The summed E-state index contributed by atoms with van der Waals surface area (Å²) in [5.41, 5.74) is 0.464. The monoisotopic (exact) mass is 465 g/mol. The molecule has 1 N–H and O–H groups in total. The van der Waals surface area contributed by atoms with E-state index in [2.05, 4.69) is 5.32 Å². The topological polar surface area (TPSA) is 144 Å². The number of rotatable bonds is 8. The molecule has 1 heterocycles. The maximum atomic E-state index is 11.9. The number of ketones is 1. The molecule has 1 aromatic carbocycles. The first-order valence-electron chi connectivity index (χ1n) is 10.2. The minimum absolute atomic E-state index is 0.132. The van der Waals surface area contributed by atoms with Crippen LogP contribution in [0.1, 0.15) is 45.0 Å². The molecule has 33 heavy (non-hydrogen) atoms. The van der Waals surface area contributed by atoms with E-state index < -0.39 is 54.5 Å². The van der Waals surface area contributed by atoms with Gasteiger partial charge in [-0.25, -0.2) is 0 Å². The molecule has 2 rings (SSSR count). The predicted molar refractivity (Wildman–Crippen MR) is 111 cm³/mol. The van der Waals surface area contributed by atoms with Crippen molar-refractivity contribution < 1.29 is 47.7 Å². The zero-order chi connectivity index (χ0) is 24.7. The molecule has 1 aliphatic rings. The Labute approximate surface area is 190 Å². The van der Waals surface area contributed by atoms with Gasteiger partial charge in [0.25, 0.3) is 0 Å². The minimum atomic E-state index is -1.23. The molecule has 1 fully saturated rings. The molecule has 0 saturated carbocycles. The summed E-state index contributed by atoms with van der Waals surface area (Å²) in [6.07, 6.45) is -4.73. The third kappa shape index (κ3) is 7.56. The van der Waals surface area contributed by atoms with Crippen LogP contribution in [0.25, 0.3) is 0 Å². The molecule has 0 bridgehead atoms. The van der Waals surface area contributed by atoms with Gasteiger partial charge in [0, 0.05) is 33.3 Å². The lowest BCUT2D eigenvalue weighted by Crippen LogP contribution is -2.67. The van der Waals surface area contributed by atoms with E-state index in [1.54, 1.807) is 12.1 Å². The second-order valence-corrected chi connectivity index (χ2v) is 7.42. The van der Waals surface area contributed by atoms with Crippen LogP contribution >= 0.6 is 0 Å². The van der Waals surface area contributed by atoms with Crippen molar-refractivity contribution in [3.05, 3.63) is 29.8 Å². The number of nitrogens with one attached hydrogen (secondary N) is 1. The van der Waals surface area contributed by atoms with Crippen molar-refractivity contribution in [3.63, 3.8) is 0 Å². The molecule has 1 aromatic rings. The lowest BCUT2D eigenvalue weighted by atomic mass is 9.96. The minimum Gasteiger partial charge on any atom is -0.463 e. The van der Waals surface area contributed by atoms with Crippen LogP contribution in [0.4, 0.5) is 0 Å². The largest absolute Gasteiger partial charge is 0.463 e. The molecule has 0 radical (unpaired) electrons. The predicted octanol–water partition coefficient (Wildman–Crippen LogP) is 0.924. The molecule has 1 amide bonds. The number of hydrogen-bond acceptors (Lipinski definition) is 10. The van der Waals surface area contributed by atoms with Crippen molar-refractivity contribution in [2.45, 2.75) is 65.3 Å². The van der Waals surface area contributed by atoms with E-state index in [0.29, 0.717) is 11.3 Å². The lowest BCUT2D eigenvalue weighted by molar-refractivity contribution is -0.257. The number of amides is 1. The summed E-state index contributed by atoms with van der Waals surface area (Å²) in [5, 5.41) is 2.61. The van der Waals surface area contributed by atoms with Crippen LogP contribution < -0.4 is 10.1 Å². The van der Waals surface area contributed by atoms with Gasteiger partial charge in [0.1, 0.15) is 24.5 Å². The van der Waals surface area contributed by atoms with Gasteiger partial charge >= 0.3 is 17.9 Å². The quantitative estimate of drug-likeness (QED) is 0.334. The second-order valence-electron chi connectivity index (χ2n) is 7.42. The number of esters is 3. The Kier molecular flexibility index (Phi) is 8.92. The Hall–Kier alpha value is -3.47. The van der Waals surface area contributed by atoms with Crippen LogP contribution in [-0.4, -0.2) is 66.8 Å². The SMILES string of the molecule is CC(=O)N[C@H]1[C@H](Oc2ccc(C(C)=O)cc2)O[C@H](COC(C)=O)[C@@H](OC(C)=O)[C@@H]1OC(C)=O. The third-order valence-electron chi connectivity index (χ3n) is 4.58. The Morgan fingerprint density at radius 3 is 1.91 bits per heavy atom. The summed E-state index contributed by atoms with van der Waals surface area (Å²) in [5.74, 6) is -2.34. The van der Waals surface area contributed by atoms with Gasteiger partial charge in [-0.2, -0.15) is 0 Å². The Bertz CT molecular complexity index is 897. The number of benzene rings is 1. The van der Waals surface area contributed by atoms with Crippen LogP contribution in [0.5, 0.6) is 5.75 Å². The molecule has 1 aliphatic heterocycles. The molecule has 1 saturated heterocycles. The van der Waals surface area contributed by atoms with Gasteiger partial charge in [0.2, 0.25) is 12.2 Å². The molecule has 0 aliphatic carbocycles. The van der Waals surface area contributed by atoms with E-state index in [1.165, 1.54) is 32.9 Å². The molecule has 0 aromatic heterocycles. The number of ether oxygens (including phenoxy) is 5. The van der Waals surface area contributed by atoms with Crippen LogP contribution in [0.3, 0.4) is 0 Å². The highest BCUT2D eigenvalue weighted by molar-refractivity contribution is 5.94. The molecule has 0 spiro atoms. The summed E-state index contributed by atoms with van der Waals surface area (Å²) in [6.45, 7) is 5.84. The number of Topliss-reactive ketones (excluding diaryl/α,β-unsaturated/α-hetero) is 1. The highest BCUT2D eigenvalue weighted by atomic mass is 16.7. The maximum absolute atomic E-state index is 11.9. The van der Waals surface area contributed by atoms with Crippen molar-refractivity contribution >= 4 is 29.6 Å². The Morgan fingerprint density at radius 1 is 0.848 bits per heavy atom. The summed E-state index contributed by atoms with van der Waals surface area (Å²) in [4.78, 5) is 58.4. The molecule has 0 unspecified atom stereocenters. The van der Waals surface area contributed by atoms with Crippen LogP contribution in [0.2, 0.25) is 0 Å². The van der Waals surface area contributed by atoms with Gasteiger partial charge < -0.3 is 29.0 Å². The van der Waals surface area contributed by atoms with Crippen molar-refractivity contribution in [3.8, 4) is 5.75 Å². The standard InChI is InChI=1S/C22H27NO10/c1-11(24)16-6-8-17(9-7-16)32-22-19(23-12(2)25)21(31-15(5)28)20(30-14(4)27)18(33-22)10-29-13(3)26/h6-9,18-22H,10H2,1-5H3,(H,23,25)/t18-,19-,20-,21-,22-/m1/s1. The first-order chi connectivity index (χ1) is 15.5. The van der Waals surface area contributed by atoms with E-state index in [9.17, 15) is 24.0 Å². The summed E-state index contributed by atoms with van der Waals surface area (Å²) < 4.78 is 27.5. The summed E-state index contributed by atoms with van der Waals surface area (Å²) >= 11 is 0. The fraction of sp³-hybridized carbons (Fsp3) is 0.500. The van der Waals surface area contributed by atoms with E-state index in [1.807, 2.05) is 0 Å². The van der Waals surface area contributed by atoms with Crippen LogP contribution in [0, 0.1) is 0 Å². The second kappa shape index (κ2) is 11.4. The van der Waals surface area contributed by atoms with Gasteiger partial charge in [-0.1, -0.05) is 0 Å². The van der Waals surface area contributed by atoms with Crippen molar-refractivity contribution in [2.75, 3.05) is 6.61 Å². The molecule has 11 nitrogen and oxygen atoms in total. The Morgan fingerprint density at radius 2 is 1.42 bits per heavy atom. The van der Waals surface area contributed by atoms with E-state index in [0.717, 1.165) is 13.8 Å². The van der Waals surface area contributed by atoms with Crippen molar-refractivity contribution in [1.82, 2.24) is 5.32 Å². The first kappa shape index (κ1) is 25.8. The number of carbonyl (C=O) groups excluding carboxylic acids is 5. The van der Waals surface area contributed by atoms with Gasteiger partial charge in [0.15, 0.2) is 18.0 Å². The first-order valence-corrected chi connectivity index (χ1v) is 10.2. The fourth-order valence-corrected chi connectivity index (χ4v) is 3.29. The molecule has 5 atom stereocenters. The summed E-state index contributed by atoms with van der Waals surface area (Å²) in [7, 11) is 0. The molecule has 180 valence electrons. The van der Waals surface area contributed by atoms with Crippen molar-refractivity contribution in [2.24, 2.45) is 0 Å². The molecule has 11 heteroatoms. The van der Waals surface area contributed by atoms with E-state index in [4.69, 9.17) is 23.7 Å². The average Bonchev–Trinajstić information content (AvgIpc) is 2.70. The van der Waals surface area contributed by atoms with Gasteiger partial charge in [0.05, 0.1) is 0 Å². The number of hydrogen-bond donors (Lipinski definition) is 1.